The summed E-state index contributed by atoms with van der Waals surface area (Å²) in [5.74, 6) is -0.919. The predicted molar refractivity (Wildman–Crippen MR) is 343 cm³/mol. The first kappa shape index (κ1) is 74.8. The van der Waals surface area contributed by atoms with Crippen molar-refractivity contribution in [3.8, 4) is 0 Å². The summed E-state index contributed by atoms with van der Waals surface area (Å²) in [7, 11) is 0. The van der Waals surface area contributed by atoms with Gasteiger partial charge in [0.15, 0.2) is 6.10 Å². The topological polar surface area (TPSA) is 78.9 Å². The van der Waals surface area contributed by atoms with Crippen LogP contribution in [0.4, 0.5) is 0 Å². The second-order valence-electron chi connectivity index (χ2n) is 21.6. The van der Waals surface area contributed by atoms with Gasteiger partial charge in [0.25, 0.3) is 0 Å². The van der Waals surface area contributed by atoms with Crippen molar-refractivity contribution < 1.29 is 28.6 Å². The molecule has 0 aliphatic heterocycles. The van der Waals surface area contributed by atoms with Crippen LogP contribution < -0.4 is 0 Å². The summed E-state index contributed by atoms with van der Waals surface area (Å²) in [5, 5.41) is 0. The molecule has 0 heterocycles. The lowest BCUT2D eigenvalue weighted by Crippen LogP contribution is -2.30. The molecule has 6 nitrogen and oxygen atoms in total. The van der Waals surface area contributed by atoms with Gasteiger partial charge in [0.2, 0.25) is 0 Å². The number of carbonyl (C=O) groups excluding carboxylic acids is 3. The summed E-state index contributed by atoms with van der Waals surface area (Å²) in [6.45, 7) is 6.48. The van der Waals surface area contributed by atoms with Crippen molar-refractivity contribution in [1.29, 1.82) is 0 Å². The highest BCUT2D eigenvalue weighted by Crippen LogP contribution is 2.15. The minimum atomic E-state index is -0.799. The number of hydrogen-bond donors (Lipinski definition) is 0. The number of unbranched alkanes of at least 4 members (excludes halogenated alkanes) is 28. The second-order valence-corrected chi connectivity index (χ2v) is 21.6. The van der Waals surface area contributed by atoms with Gasteiger partial charge in [-0.15, -0.1) is 0 Å². The Hall–Kier alpha value is -4.19. The standard InChI is InChI=1S/C73H122O6/c1-4-7-10-13-16-19-22-25-28-30-32-34-35-36-37-39-40-42-45-48-51-54-57-60-63-66-72(75)78-69-70(68-77-71(74)65-62-59-56-53-50-47-44-27-24-21-18-15-12-9-6-3)79-73(76)67-64-61-58-55-52-49-46-43-41-38-33-31-29-26-23-20-17-14-11-8-5-2/h7,10,16,18-19,21,23,25-28,31-34,36-37,41,43-44,70H,4-6,8-9,11-15,17,20,22,24,29-30,35,38-40,42,45-69H2,1-3H3/b10-7-,19-16-,21-18-,26-23-,28-25-,33-31-,34-32-,37-36-,43-41-,44-27-. The summed E-state index contributed by atoms with van der Waals surface area (Å²) in [5.41, 5.74) is 0. The monoisotopic (exact) mass is 1090 g/mol. The average molecular weight is 1100 g/mol. The largest absolute Gasteiger partial charge is 0.462 e. The Kier molecular flexibility index (Phi) is 62.8. The Balaban J connectivity index is 4.42. The fourth-order valence-electron chi connectivity index (χ4n) is 8.98. The molecule has 79 heavy (non-hydrogen) atoms. The van der Waals surface area contributed by atoms with Crippen molar-refractivity contribution in [3.63, 3.8) is 0 Å². The van der Waals surface area contributed by atoms with Gasteiger partial charge in [0, 0.05) is 19.3 Å². The van der Waals surface area contributed by atoms with Crippen molar-refractivity contribution >= 4 is 17.9 Å². The van der Waals surface area contributed by atoms with Gasteiger partial charge in [-0.3, -0.25) is 14.4 Å². The highest BCUT2D eigenvalue weighted by molar-refractivity contribution is 5.71. The van der Waals surface area contributed by atoms with Gasteiger partial charge in [0.05, 0.1) is 0 Å². The minimum Gasteiger partial charge on any atom is -0.462 e. The first-order valence-corrected chi connectivity index (χ1v) is 33.0. The lowest BCUT2D eigenvalue weighted by atomic mass is 10.1. The average Bonchev–Trinajstić information content (AvgIpc) is 3.45. The van der Waals surface area contributed by atoms with Crippen LogP contribution in [0.25, 0.3) is 0 Å². The molecule has 0 saturated carbocycles. The normalized spacial score (nSPS) is 12.9. The SMILES string of the molecule is CC/C=C\C/C=C\C/C=C\C/C=C\C/C=C\CCCCCCCCCCCC(=O)OCC(COC(=O)CCCCCCC/C=C\C/C=C\CCCCC)OC(=O)CCCCCCCC/C=C\C/C=C\C/C=C\CCCCCCC. The van der Waals surface area contributed by atoms with Crippen LogP contribution in [0.1, 0.15) is 303 Å². The number of esters is 3. The summed E-state index contributed by atoms with van der Waals surface area (Å²) in [4.78, 5) is 38.4. The highest BCUT2D eigenvalue weighted by atomic mass is 16.6. The molecule has 1 atom stereocenters. The van der Waals surface area contributed by atoms with Crippen LogP contribution in [0, 0.1) is 0 Å². The van der Waals surface area contributed by atoms with Gasteiger partial charge in [-0.1, -0.05) is 271 Å². The summed E-state index contributed by atoms with van der Waals surface area (Å²) in [6.07, 6.45) is 92.0. The van der Waals surface area contributed by atoms with Crippen LogP contribution in [-0.2, 0) is 28.6 Å². The van der Waals surface area contributed by atoms with Gasteiger partial charge in [0.1, 0.15) is 13.2 Å². The van der Waals surface area contributed by atoms with E-state index in [1.54, 1.807) is 0 Å². The van der Waals surface area contributed by atoms with Gasteiger partial charge < -0.3 is 14.2 Å². The van der Waals surface area contributed by atoms with Crippen LogP contribution in [-0.4, -0.2) is 37.2 Å². The highest BCUT2D eigenvalue weighted by Gasteiger charge is 2.19. The molecular weight excluding hydrogens is 973 g/mol. The van der Waals surface area contributed by atoms with E-state index in [2.05, 4.69) is 142 Å². The maximum absolute atomic E-state index is 12.9. The number of rotatable bonds is 59. The third-order valence-electron chi connectivity index (χ3n) is 13.9. The molecule has 0 spiro atoms. The van der Waals surface area contributed by atoms with E-state index in [9.17, 15) is 14.4 Å². The summed E-state index contributed by atoms with van der Waals surface area (Å²) in [6, 6.07) is 0. The van der Waals surface area contributed by atoms with Crippen LogP contribution >= 0.6 is 0 Å². The molecule has 0 bridgehead atoms. The van der Waals surface area contributed by atoms with E-state index in [-0.39, 0.29) is 31.1 Å². The van der Waals surface area contributed by atoms with Crippen molar-refractivity contribution in [2.75, 3.05) is 13.2 Å². The molecule has 0 aromatic heterocycles. The first-order valence-electron chi connectivity index (χ1n) is 33.0. The van der Waals surface area contributed by atoms with Crippen molar-refractivity contribution in [3.05, 3.63) is 122 Å². The van der Waals surface area contributed by atoms with Crippen molar-refractivity contribution in [2.45, 2.75) is 309 Å². The number of hydrogen-bond acceptors (Lipinski definition) is 6. The summed E-state index contributed by atoms with van der Waals surface area (Å²) < 4.78 is 16.9. The Morgan fingerprint density at radius 1 is 0.266 bits per heavy atom. The molecule has 0 aromatic carbocycles. The minimum absolute atomic E-state index is 0.0932. The first-order chi connectivity index (χ1) is 39.0. The lowest BCUT2D eigenvalue weighted by molar-refractivity contribution is -0.167. The van der Waals surface area contributed by atoms with Gasteiger partial charge in [-0.2, -0.15) is 0 Å². The molecule has 6 heteroatoms. The molecular formula is C73H122O6. The zero-order chi connectivity index (χ0) is 57.1. The molecule has 0 rings (SSSR count). The van der Waals surface area contributed by atoms with Gasteiger partial charge >= 0.3 is 17.9 Å². The van der Waals surface area contributed by atoms with E-state index in [1.807, 2.05) is 0 Å². The smallest absolute Gasteiger partial charge is 0.306 e. The van der Waals surface area contributed by atoms with E-state index in [0.29, 0.717) is 19.3 Å². The molecule has 0 fully saturated rings. The Morgan fingerprint density at radius 2 is 0.494 bits per heavy atom. The predicted octanol–water partition coefficient (Wildman–Crippen LogP) is 22.8. The van der Waals surface area contributed by atoms with E-state index < -0.39 is 6.10 Å². The Labute approximate surface area is 488 Å². The van der Waals surface area contributed by atoms with Gasteiger partial charge in [-0.25, -0.2) is 0 Å². The number of ether oxygens (including phenoxy) is 3. The molecule has 0 saturated heterocycles. The van der Waals surface area contributed by atoms with E-state index in [1.165, 1.54) is 116 Å². The van der Waals surface area contributed by atoms with Crippen molar-refractivity contribution in [2.24, 2.45) is 0 Å². The van der Waals surface area contributed by atoms with Crippen LogP contribution in [0.5, 0.6) is 0 Å². The van der Waals surface area contributed by atoms with Crippen LogP contribution in [0.15, 0.2) is 122 Å². The van der Waals surface area contributed by atoms with Crippen LogP contribution in [0.2, 0.25) is 0 Å². The lowest BCUT2D eigenvalue weighted by Gasteiger charge is -2.18. The van der Waals surface area contributed by atoms with E-state index >= 15 is 0 Å². The molecule has 0 aromatic rings. The van der Waals surface area contributed by atoms with Gasteiger partial charge in [-0.05, 0) is 135 Å². The number of carbonyl (C=O) groups is 3. The quantitative estimate of drug-likeness (QED) is 0.0261. The second kappa shape index (κ2) is 66.3. The molecule has 450 valence electrons. The molecule has 0 aliphatic carbocycles. The molecule has 0 radical (unpaired) electrons. The third kappa shape index (κ3) is 64.5. The zero-order valence-corrected chi connectivity index (χ0v) is 51.6. The zero-order valence-electron chi connectivity index (χ0n) is 51.6. The fourth-order valence-corrected chi connectivity index (χ4v) is 8.98. The molecule has 0 aliphatic rings. The van der Waals surface area contributed by atoms with E-state index in [4.69, 9.17) is 14.2 Å². The van der Waals surface area contributed by atoms with E-state index in [0.717, 1.165) is 148 Å². The summed E-state index contributed by atoms with van der Waals surface area (Å²) >= 11 is 0. The van der Waals surface area contributed by atoms with Crippen LogP contribution in [0.3, 0.4) is 0 Å². The number of allylic oxidation sites excluding steroid dienone is 20. The molecule has 0 N–H and O–H groups in total. The maximum Gasteiger partial charge on any atom is 0.306 e. The third-order valence-corrected chi connectivity index (χ3v) is 13.9. The van der Waals surface area contributed by atoms with Crippen molar-refractivity contribution in [1.82, 2.24) is 0 Å². The Morgan fingerprint density at radius 3 is 0.797 bits per heavy atom. The maximum atomic E-state index is 12.9. The Bertz CT molecular complexity index is 1640. The fraction of sp³-hybridized carbons (Fsp3) is 0.685. The molecule has 0 amide bonds. The molecule has 1 unspecified atom stereocenters.